The Morgan fingerprint density at radius 2 is 1.76 bits per heavy atom. The maximum absolute atomic E-state index is 6.18. The number of ether oxygens (including phenoxy) is 1. The summed E-state index contributed by atoms with van der Waals surface area (Å²) < 4.78 is 5.61. The number of halogens is 1. The average Bonchev–Trinajstić information content (AvgIpc) is 2.44. The summed E-state index contributed by atoms with van der Waals surface area (Å²) >= 11 is 6.18. The molecule has 2 aromatic carbocycles. The van der Waals surface area contributed by atoms with Crippen LogP contribution < -0.4 is 10.1 Å². The number of aryl methyl sites for hydroxylation is 3. The normalized spacial score (nSPS) is 12.3. The lowest BCUT2D eigenvalue weighted by Gasteiger charge is -2.24. The van der Waals surface area contributed by atoms with Gasteiger partial charge in [0.2, 0.25) is 0 Å². The van der Waals surface area contributed by atoms with Gasteiger partial charge in [0.1, 0.15) is 5.75 Å². The highest BCUT2D eigenvalue weighted by Gasteiger charge is 2.21. The zero-order valence-electron chi connectivity index (χ0n) is 13.3. The molecule has 112 valence electrons. The van der Waals surface area contributed by atoms with E-state index >= 15 is 0 Å². The third kappa shape index (κ3) is 3.22. The van der Waals surface area contributed by atoms with Gasteiger partial charge >= 0.3 is 0 Å². The van der Waals surface area contributed by atoms with E-state index in [1.54, 1.807) is 7.11 Å². The van der Waals surface area contributed by atoms with E-state index in [1.807, 2.05) is 19.2 Å². The first-order chi connectivity index (χ1) is 9.97. The van der Waals surface area contributed by atoms with Gasteiger partial charge in [0.15, 0.2) is 0 Å². The molecule has 0 aliphatic rings. The number of nitrogens with one attached hydrogen (secondary N) is 1. The number of hydrogen-bond acceptors (Lipinski definition) is 2. The Kier molecular flexibility index (Phi) is 4.92. The maximum Gasteiger partial charge on any atom is 0.124 e. The Bertz CT molecular complexity index is 652. The Morgan fingerprint density at radius 1 is 1.05 bits per heavy atom. The molecule has 0 spiro atoms. The van der Waals surface area contributed by atoms with Gasteiger partial charge in [-0.15, -0.1) is 0 Å². The fraction of sp³-hybridized carbons (Fsp3) is 0.333. The summed E-state index contributed by atoms with van der Waals surface area (Å²) in [7, 11) is 3.68. The summed E-state index contributed by atoms with van der Waals surface area (Å²) in [5.74, 6) is 0.909. The quantitative estimate of drug-likeness (QED) is 0.892. The van der Waals surface area contributed by atoms with Crippen LogP contribution in [-0.4, -0.2) is 14.2 Å². The molecule has 1 unspecified atom stereocenters. The second-order valence-corrected chi connectivity index (χ2v) is 5.86. The van der Waals surface area contributed by atoms with Crippen molar-refractivity contribution in [3.8, 4) is 5.75 Å². The van der Waals surface area contributed by atoms with Crippen molar-refractivity contribution in [2.45, 2.75) is 26.8 Å². The van der Waals surface area contributed by atoms with Crippen LogP contribution in [0.1, 0.15) is 33.9 Å². The Labute approximate surface area is 132 Å². The molecule has 0 saturated heterocycles. The zero-order chi connectivity index (χ0) is 15.6. The minimum absolute atomic E-state index is 0.0549. The molecule has 1 atom stereocenters. The standard InChI is InChI=1S/C18H22ClNO/c1-11-8-13(3)17(16(9-11)21-5)18(20-4)15-10-14(19)7-6-12(15)2/h6-10,18,20H,1-5H3. The van der Waals surface area contributed by atoms with Crippen LogP contribution >= 0.6 is 11.6 Å². The van der Waals surface area contributed by atoms with E-state index in [-0.39, 0.29) is 6.04 Å². The van der Waals surface area contributed by atoms with Crippen molar-refractivity contribution in [3.63, 3.8) is 0 Å². The third-order valence-corrected chi connectivity index (χ3v) is 4.08. The summed E-state index contributed by atoms with van der Waals surface area (Å²) in [5.41, 5.74) is 5.96. The van der Waals surface area contributed by atoms with E-state index in [0.717, 1.165) is 16.3 Å². The van der Waals surface area contributed by atoms with Gasteiger partial charge in [-0.2, -0.15) is 0 Å². The van der Waals surface area contributed by atoms with E-state index in [1.165, 1.54) is 22.3 Å². The molecule has 0 amide bonds. The van der Waals surface area contributed by atoms with Crippen LogP contribution in [-0.2, 0) is 0 Å². The third-order valence-electron chi connectivity index (χ3n) is 3.84. The van der Waals surface area contributed by atoms with Crippen molar-refractivity contribution in [2.75, 3.05) is 14.2 Å². The number of hydrogen-bond donors (Lipinski definition) is 1. The highest BCUT2D eigenvalue weighted by atomic mass is 35.5. The predicted molar refractivity (Wildman–Crippen MR) is 89.6 cm³/mol. The fourth-order valence-corrected chi connectivity index (χ4v) is 3.04. The lowest BCUT2D eigenvalue weighted by Crippen LogP contribution is -2.20. The molecular formula is C18H22ClNO. The zero-order valence-corrected chi connectivity index (χ0v) is 14.0. The molecule has 1 N–H and O–H groups in total. The molecule has 0 saturated carbocycles. The molecule has 2 nitrogen and oxygen atoms in total. The van der Waals surface area contributed by atoms with Crippen molar-refractivity contribution in [2.24, 2.45) is 0 Å². The van der Waals surface area contributed by atoms with Crippen LogP contribution in [0.4, 0.5) is 0 Å². The summed E-state index contributed by atoms with van der Waals surface area (Å²) in [6, 6.07) is 10.3. The van der Waals surface area contributed by atoms with Crippen LogP contribution in [0, 0.1) is 20.8 Å². The molecule has 0 radical (unpaired) electrons. The number of methoxy groups -OCH3 is 1. The van der Waals surface area contributed by atoms with E-state index in [2.05, 4.69) is 44.3 Å². The molecule has 2 aromatic rings. The molecule has 0 heterocycles. The van der Waals surface area contributed by atoms with Crippen LogP contribution in [0.3, 0.4) is 0 Å². The maximum atomic E-state index is 6.18. The lowest BCUT2D eigenvalue weighted by atomic mass is 9.90. The van der Waals surface area contributed by atoms with Gasteiger partial charge in [-0.3, -0.25) is 0 Å². The van der Waals surface area contributed by atoms with Crippen LogP contribution in [0.15, 0.2) is 30.3 Å². The first-order valence-corrected chi connectivity index (χ1v) is 7.44. The minimum Gasteiger partial charge on any atom is -0.496 e. The van der Waals surface area contributed by atoms with Crippen LogP contribution in [0.2, 0.25) is 5.02 Å². The predicted octanol–water partition coefficient (Wildman–Crippen LogP) is 4.58. The van der Waals surface area contributed by atoms with E-state index < -0.39 is 0 Å². The van der Waals surface area contributed by atoms with Crippen molar-refractivity contribution in [1.29, 1.82) is 0 Å². The largest absolute Gasteiger partial charge is 0.496 e. The highest BCUT2D eigenvalue weighted by Crippen LogP contribution is 2.35. The summed E-state index contributed by atoms with van der Waals surface area (Å²) in [5, 5.41) is 4.15. The molecule has 0 aliphatic carbocycles. The van der Waals surface area contributed by atoms with Crippen molar-refractivity contribution < 1.29 is 4.74 Å². The van der Waals surface area contributed by atoms with Gasteiger partial charge in [-0.1, -0.05) is 23.7 Å². The highest BCUT2D eigenvalue weighted by molar-refractivity contribution is 6.30. The van der Waals surface area contributed by atoms with E-state index in [0.29, 0.717) is 0 Å². The Balaban J connectivity index is 2.64. The molecule has 2 rings (SSSR count). The first kappa shape index (κ1) is 15.9. The van der Waals surface area contributed by atoms with Crippen molar-refractivity contribution in [3.05, 3.63) is 63.2 Å². The second kappa shape index (κ2) is 6.50. The van der Waals surface area contributed by atoms with Gasteiger partial charge in [0, 0.05) is 10.6 Å². The van der Waals surface area contributed by atoms with Gasteiger partial charge in [0.05, 0.1) is 13.2 Å². The topological polar surface area (TPSA) is 21.3 Å². The summed E-state index contributed by atoms with van der Waals surface area (Å²) in [6.45, 7) is 6.30. The lowest BCUT2D eigenvalue weighted by molar-refractivity contribution is 0.404. The average molecular weight is 304 g/mol. The van der Waals surface area contributed by atoms with Crippen LogP contribution in [0.5, 0.6) is 5.75 Å². The monoisotopic (exact) mass is 303 g/mol. The summed E-state index contributed by atoms with van der Waals surface area (Å²) in [6.07, 6.45) is 0. The first-order valence-electron chi connectivity index (χ1n) is 7.06. The molecular weight excluding hydrogens is 282 g/mol. The smallest absolute Gasteiger partial charge is 0.124 e. The molecule has 0 fully saturated rings. The summed E-state index contributed by atoms with van der Waals surface area (Å²) in [4.78, 5) is 0. The van der Waals surface area contributed by atoms with Crippen molar-refractivity contribution >= 4 is 11.6 Å². The van der Waals surface area contributed by atoms with Crippen molar-refractivity contribution in [1.82, 2.24) is 5.32 Å². The number of rotatable bonds is 4. The molecule has 21 heavy (non-hydrogen) atoms. The van der Waals surface area contributed by atoms with Gasteiger partial charge < -0.3 is 10.1 Å². The SMILES string of the molecule is CNC(c1cc(Cl)ccc1C)c1c(C)cc(C)cc1OC. The number of benzene rings is 2. The Hall–Kier alpha value is -1.51. The van der Waals surface area contributed by atoms with Crippen LogP contribution in [0.25, 0.3) is 0 Å². The van der Waals surface area contributed by atoms with Gasteiger partial charge in [0.25, 0.3) is 0 Å². The van der Waals surface area contributed by atoms with Gasteiger partial charge in [-0.05, 0) is 68.3 Å². The molecule has 0 aromatic heterocycles. The minimum atomic E-state index is 0.0549. The second-order valence-electron chi connectivity index (χ2n) is 5.42. The Morgan fingerprint density at radius 3 is 2.38 bits per heavy atom. The fourth-order valence-electron chi connectivity index (χ4n) is 2.86. The van der Waals surface area contributed by atoms with E-state index in [9.17, 15) is 0 Å². The molecule has 3 heteroatoms. The molecule has 0 aliphatic heterocycles. The van der Waals surface area contributed by atoms with E-state index in [4.69, 9.17) is 16.3 Å². The van der Waals surface area contributed by atoms with Gasteiger partial charge in [-0.25, -0.2) is 0 Å². The molecule has 0 bridgehead atoms.